The number of hydrogen-bond acceptors (Lipinski definition) is 3. The van der Waals surface area contributed by atoms with E-state index >= 15 is 0 Å². The van der Waals surface area contributed by atoms with Crippen molar-refractivity contribution in [3.8, 4) is 0 Å². The lowest BCUT2D eigenvalue weighted by Crippen LogP contribution is -2.40. The highest BCUT2D eigenvalue weighted by Gasteiger charge is 2.06. The molecule has 0 heterocycles. The van der Waals surface area contributed by atoms with Crippen molar-refractivity contribution in [2.45, 2.75) is 26.2 Å². The molecule has 0 saturated heterocycles. The zero-order valence-corrected chi connectivity index (χ0v) is 19.0. The lowest BCUT2D eigenvalue weighted by molar-refractivity contribution is -0.127. The Morgan fingerprint density at radius 2 is 1.85 bits per heavy atom. The van der Waals surface area contributed by atoms with E-state index in [4.69, 9.17) is 0 Å². The second-order valence-electron chi connectivity index (χ2n) is 6.19. The first-order chi connectivity index (χ1) is 12.5. The van der Waals surface area contributed by atoms with Gasteiger partial charge in [-0.1, -0.05) is 25.5 Å². The summed E-state index contributed by atoms with van der Waals surface area (Å²) >= 11 is 0. The van der Waals surface area contributed by atoms with Crippen LogP contribution in [-0.2, 0) is 11.2 Å². The lowest BCUT2D eigenvalue weighted by Gasteiger charge is -2.14. The monoisotopic (exact) mass is 489 g/mol. The van der Waals surface area contributed by atoms with Gasteiger partial charge in [0.05, 0.1) is 0 Å². The number of halogens is 1. The van der Waals surface area contributed by atoms with E-state index in [-0.39, 0.29) is 42.3 Å². The standard InChI is InChI=1S/C19H31N5O2.HI/c1-5-6-11-21-19(23-14-17(25)24(3)4)22-12-10-15-8-7-9-16(13-15)18(26)20-2;/h7-9,13H,5-6,10-12,14H2,1-4H3,(H,20,26)(H2,21,22,23);1H. The van der Waals surface area contributed by atoms with Crippen molar-refractivity contribution in [1.29, 1.82) is 0 Å². The third kappa shape index (κ3) is 10.2. The third-order valence-electron chi connectivity index (χ3n) is 3.82. The quantitative estimate of drug-likeness (QED) is 0.213. The van der Waals surface area contributed by atoms with Crippen LogP contribution in [0.5, 0.6) is 0 Å². The minimum atomic E-state index is -0.0921. The smallest absolute Gasteiger partial charge is 0.251 e. The largest absolute Gasteiger partial charge is 0.356 e. The molecule has 0 saturated carbocycles. The van der Waals surface area contributed by atoms with E-state index in [1.165, 1.54) is 4.90 Å². The molecule has 3 N–H and O–H groups in total. The molecule has 0 fully saturated rings. The number of benzene rings is 1. The van der Waals surface area contributed by atoms with E-state index in [0.717, 1.165) is 31.4 Å². The number of rotatable bonds is 9. The molecule has 0 aliphatic heterocycles. The number of guanidine groups is 1. The molecule has 2 amide bonds. The van der Waals surface area contributed by atoms with E-state index in [9.17, 15) is 9.59 Å². The van der Waals surface area contributed by atoms with E-state index < -0.39 is 0 Å². The van der Waals surface area contributed by atoms with Crippen LogP contribution in [0.4, 0.5) is 0 Å². The van der Waals surface area contributed by atoms with Crippen LogP contribution in [0.25, 0.3) is 0 Å². The van der Waals surface area contributed by atoms with E-state index in [1.807, 2.05) is 18.2 Å². The van der Waals surface area contributed by atoms with Gasteiger partial charge in [0.15, 0.2) is 5.96 Å². The summed E-state index contributed by atoms with van der Waals surface area (Å²) < 4.78 is 0. The van der Waals surface area contributed by atoms with Gasteiger partial charge in [-0.05, 0) is 30.5 Å². The number of nitrogens with one attached hydrogen (secondary N) is 3. The highest BCUT2D eigenvalue weighted by Crippen LogP contribution is 2.05. The van der Waals surface area contributed by atoms with Crippen LogP contribution < -0.4 is 16.0 Å². The van der Waals surface area contributed by atoms with Crippen molar-refractivity contribution in [3.05, 3.63) is 35.4 Å². The first kappa shape index (κ1) is 25.2. The molecule has 0 bridgehead atoms. The lowest BCUT2D eigenvalue weighted by atomic mass is 10.1. The minimum absolute atomic E-state index is 0. The minimum Gasteiger partial charge on any atom is -0.356 e. The Bertz CT molecular complexity index is 620. The van der Waals surface area contributed by atoms with Gasteiger partial charge >= 0.3 is 0 Å². The Balaban J connectivity index is 0.00000676. The van der Waals surface area contributed by atoms with E-state index in [0.29, 0.717) is 18.1 Å². The SMILES string of the molecule is CCCCNC(=NCC(=O)N(C)C)NCCc1cccc(C(=O)NC)c1.I. The maximum atomic E-state index is 11.7. The van der Waals surface area contributed by atoms with Gasteiger partial charge in [0.2, 0.25) is 5.91 Å². The summed E-state index contributed by atoms with van der Waals surface area (Å²) in [6.45, 7) is 3.71. The van der Waals surface area contributed by atoms with E-state index in [2.05, 4.69) is 27.9 Å². The maximum absolute atomic E-state index is 11.7. The summed E-state index contributed by atoms with van der Waals surface area (Å²) in [5.41, 5.74) is 1.72. The number of likely N-dealkylation sites (N-methyl/N-ethyl adjacent to an activating group) is 1. The fourth-order valence-electron chi connectivity index (χ4n) is 2.18. The number of hydrogen-bond donors (Lipinski definition) is 3. The van der Waals surface area contributed by atoms with Crippen molar-refractivity contribution in [1.82, 2.24) is 20.9 Å². The average Bonchev–Trinajstić information content (AvgIpc) is 2.64. The first-order valence-corrected chi connectivity index (χ1v) is 9.01. The summed E-state index contributed by atoms with van der Waals surface area (Å²) in [6.07, 6.45) is 2.88. The summed E-state index contributed by atoms with van der Waals surface area (Å²) in [5.74, 6) is 0.501. The summed E-state index contributed by atoms with van der Waals surface area (Å²) in [5, 5.41) is 9.12. The molecule has 1 aromatic rings. The summed E-state index contributed by atoms with van der Waals surface area (Å²) in [4.78, 5) is 29.3. The Morgan fingerprint density at radius 1 is 1.15 bits per heavy atom. The number of amides is 2. The van der Waals surface area contributed by atoms with Crippen LogP contribution in [0.3, 0.4) is 0 Å². The van der Waals surface area contributed by atoms with Gasteiger partial charge in [-0.25, -0.2) is 4.99 Å². The van der Waals surface area contributed by atoms with Crippen molar-refractivity contribution in [3.63, 3.8) is 0 Å². The Hall–Kier alpha value is -1.84. The van der Waals surface area contributed by atoms with Crippen molar-refractivity contribution < 1.29 is 9.59 Å². The molecule has 0 spiro atoms. The normalized spacial score (nSPS) is 10.6. The van der Waals surface area contributed by atoms with Crippen molar-refractivity contribution in [2.75, 3.05) is 40.8 Å². The molecule has 7 nitrogen and oxygen atoms in total. The summed E-state index contributed by atoms with van der Waals surface area (Å²) in [6, 6.07) is 7.55. The Morgan fingerprint density at radius 3 is 2.48 bits per heavy atom. The van der Waals surface area contributed by atoms with E-state index in [1.54, 1.807) is 27.2 Å². The molecular weight excluding hydrogens is 457 g/mol. The predicted octanol–water partition coefficient (Wildman–Crippen LogP) is 1.63. The number of nitrogens with zero attached hydrogens (tertiary/aromatic N) is 2. The highest BCUT2D eigenvalue weighted by atomic mass is 127. The van der Waals surface area contributed by atoms with Crippen molar-refractivity contribution in [2.24, 2.45) is 4.99 Å². The Labute approximate surface area is 179 Å². The van der Waals surface area contributed by atoms with Gasteiger partial charge in [-0.3, -0.25) is 9.59 Å². The average molecular weight is 489 g/mol. The fraction of sp³-hybridized carbons (Fsp3) is 0.526. The molecule has 0 radical (unpaired) electrons. The fourth-order valence-corrected chi connectivity index (χ4v) is 2.18. The first-order valence-electron chi connectivity index (χ1n) is 9.01. The number of carbonyl (C=O) groups excluding carboxylic acids is 2. The third-order valence-corrected chi connectivity index (χ3v) is 3.82. The van der Waals surface area contributed by atoms with Crippen LogP contribution in [0.1, 0.15) is 35.7 Å². The highest BCUT2D eigenvalue weighted by molar-refractivity contribution is 14.0. The van der Waals surface area contributed by atoms with Crippen molar-refractivity contribution >= 4 is 41.8 Å². The second-order valence-corrected chi connectivity index (χ2v) is 6.19. The molecule has 0 unspecified atom stereocenters. The van der Waals surface area contributed by atoms with Gasteiger partial charge < -0.3 is 20.9 Å². The van der Waals surface area contributed by atoms with Gasteiger partial charge in [0, 0.05) is 39.8 Å². The number of unbranched alkanes of at least 4 members (excludes halogenated alkanes) is 1. The van der Waals surface area contributed by atoms with Gasteiger partial charge in [0.25, 0.3) is 5.91 Å². The number of carbonyl (C=O) groups is 2. The molecule has 1 aromatic carbocycles. The topological polar surface area (TPSA) is 85.8 Å². The molecule has 0 aliphatic carbocycles. The maximum Gasteiger partial charge on any atom is 0.251 e. The van der Waals surface area contributed by atoms with Crippen LogP contribution >= 0.6 is 24.0 Å². The molecule has 8 heteroatoms. The molecule has 152 valence electrons. The van der Waals surface area contributed by atoms with Crippen LogP contribution in [0.15, 0.2) is 29.3 Å². The molecule has 0 aromatic heterocycles. The Kier molecular flexibility index (Phi) is 13.3. The molecule has 0 atom stereocenters. The van der Waals surface area contributed by atoms with Gasteiger partial charge in [-0.2, -0.15) is 0 Å². The zero-order valence-electron chi connectivity index (χ0n) is 16.7. The zero-order chi connectivity index (χ0) is 19.4. The molecule has 1 rings (SSSR count). The number of aliphatic imine (C=N–C) groups is 1. The molecule has 0 aliphatic rings. The second kappa shape index (κ2) is 14.2. The molecule has 27 heavy (non-hydrogen) atoms. The summed E-state index contributed by atoms with van der Waals surface area (Å²) in [7, 11) is 5.06. The van der Waals surface area contributed by atoms with Crippen LogP contribution in [-0.4, -0.2) is 63.5 Å². The molecular formula is C19H32IN5O2. The van der Waals surface area contributed by atoms with Crippen LogP contribution in [0, 0.1) is 0 Å². The predicted molar refractivity (Wildman–Crippen MR) is 121 cm³/mol. The van der Waals surface area contributed by atoms with Gasteiger partial charge in [0.1, 0.15) is 6.54 Å². The van der Waals surface area contributed by atoms with Gasteiger partial charge in [-0.15, -0.1) is 24.0 Å². The van der Waals surface area contributed by atoms with Crippen LogP contribution in [0.2, 0.25) is 0 Å².